The van der Waals surface area contributed by atoms with Crippen LogP contribution < -0.4 is 14.8 Å². The normalized spacial score (nSPS) is 26.5. The summed E-state index contributed by atoms with van der Waals surface area (Å²) in [6, 6.07) is 5.41. The zero-order valence-corrected chi connectivity index (χ0v) is 12.5. The van der Waals surface area contributed by atoms with E-state index < -0.39 is 0 Å². The number of rotatable bonds is 1. The smallest absolute Gasteiger partial charge is 0.321 e. The lowest BCUT2D eigenvalue weighted by Crippen LogP contribution is -2.48. The Bertz CT molecular complexity index is 584. The fourth-order valence-electron chi connectivity index (χ4n) is 3.53. The van der Waals surface area contributed by atoms with E-state index in [1.165, 1.54) is 0 Å². The number of carbonyl (C=O) groups excluding carboxylic acids is 1. The molecule has 6 nitrogen and oxygen atoms in total. The minimum atomic E-state index is -0.0511. The van der Waals surface area contributed by atoms with Gasteiger partial charge in [0.25, 0.3) is 0 Å². The van der Waals surface area contributed by atoms with Gasteiger partial charge in [-0.3, -0.25) is 0 Å². The Labute approximate surface area is 129 Å². The SMILES string of the molecule is O=C(Nc1ccc2c(c1)OCO2)N1CCCC2(CCOC2)C1. The Morgan fingerprint density at radius 2 is 2.14 bits per heavy atom. The highest BCUT2D eigenvalue weighted by molar-refractivity contribution is 5.89. The standard InChI is InChI=1S/C16H20N2O4/c19-15(17-12-2-3-13-14(8-12)22-11-21-13)18-6-1-4-16(9-18)5-7-20-10-16/h2-3,8H,1,4-7,9-11H2,(H,17,19). The monoisotopic (exact) mass is 304 g/mol. The van der Waals surface area contributed by atoms with Crippen molar-refractivity contribution in [3.05, 3.63) is 18.2 Å². The van der Waals surface area contributed by atoms with Gasteiger partial charge in [0.2, 0.25) is 6.79 Å². The number of hydrogen-bond donors (Lipinski definition) is 1. The summed E-state index contributed by atoms with van der Waals surface area (Å²) in [6.07, 6.45) is 3.25. The molecule has 3 aliphatic heterocycles. The number of piperidine rings is 1. The molecule has 1 unspecified atom stereocenters. The highest BCUT2D eigenvalue weighted by Gasteiger charge is 2.40. The number of nitrogens with one attached hydrogen (secondary N) is 1. The number of benzene rings is 1. The van der Waals surface area contributed by atoms with Crippen molar-refractivity contribution >= 4 is 11.7 Å². The van der Waals surface area contributed by atoms with Gasteiger partial charge in [0.15, 0.2) is 11.5 Å². The molecule has 6 heteroatoms. The fraction of sp³-hybridized carbons (Fsp3) is 0.562. The van der Waals surface area contributed by atoms with Crippen LogP contribution in [0.2, 0.25) is 0 Å². The Kier molecular flexibility index (Phi) is 3.33. The van der Waals surface area contributed by atoms with Crippen LogP contribution in [-0.4, -0.2) is 44.0 Å². The molecule has 118 valence electrons. The maximum absolute atomic E-state index is 12.5. The lowest BCUT2D eigenvalue weighted by Gasteiger charge is -2.39. The molecule has 22 heavy (non-hydrogen) atoms. The zero-order valence-electron chi connectivity index (χ0n) is 12.5. The third-order valence-corrected chi connectivity index (χ3v) is 4.76. The first-order valence-corrected chi connectivity index (χ1v) is 7.78. The van der Waals surface area contributed by atoms with E-state index in [1.807, 2.05) is 17.0 Å². The van der Waals surface area contributed by atoms with E-state index in [0.717, 1.165) is 57.0 Å². The summed E-state index contributed by atoms with van der Waals surface area (Å²) in [4.78, 5) is 14.4. The zero-order chi connectivity index (χ0) is 15.0. The Morgan fingerprint density at radius 3 is 3.00 bits per heavy atom. The highest BCUT2D eigenvalue weighted by Crippen LogP contribution is 2.38. The fourth-order valence-corrected chi connectivity index (χ4v) is 3.53. The maximum atomic E-state index is 12.5. The highest BCUT2D eigenvalue weighted by atomic mass is 16.7. The van der Waals surface area contributed by atoms with E-state index in [-0.39, 0.29) is 18.2 Å². The lowest BCUT2D eigenvalue weighted by atomic mass is 9.79. The second-order valence-corrected chi connectivity index (χ2v) is 6.33. The summed E-state index contributed by atoms with van der Waals surface area (Å²) in [6.45, 7) is 3.42. The van der Waals surface area contributed by atoms with Crippen molar-refractivity contribution < 1.29 is 19.0 Å². The second-order valence-electron chi connectivity index (χ2n) is 6.33. The molecule has 2 fully saturated rings. The summed E-state index contributed by atoms with van der Waals surface area (Å²) in [7, 11) is 0. The predicted octanol–water partition coefficient (Wildman–Crippen LogP) is 2.45. The van der Waals surface area contributed by atoms with Gasteiger partial charge in [-0.15, -0.1) is 0 Å². The molecule has 1 N–H and O–H groups in total. The van der Waals surface area contributed by atoms with E-state index >= 15 is 0 Å². The lowest BCUT2D eigenvalue weighted by molar-refractivity contribution is 0.0867. The van der Waals surface area contributed by atoms with Gasteiger partial charge in [-0.1, -0.05) is 0 Å². The van der Waals surface area contributed by atoms with Crippen LogP contribution in [0.1, 0.15) is 19.3 Å². The summed E-state index contributed by atoms with van der Waals surface area (Å²) in [5.41, 5.74) is 0.904. The minimum absolute atomic E-state index is 0.0511. The van der Waals surface area contributed by atoms with E-state index in [9.17, 15) is 4.79 Å². The number of nitrogens with zero attached hydrogens (tertiary/aromatic N) is 1. The molecule has 2 saturated heterocycles. The second kappa shape index (κ2) is 5.35. The van der Waals surface area contributed by atoms with Gasteiger partial charge in [0.05, 0.1) is 6.61 Å². The summed E-state index contributed by atoms with van der Waals surface area (Å²) in [5, 5.41) is 2.96. The first-order chi connectivity index (χ1) is 10.7. The van der Waals surface area contributed by atoms with Gasteiger partial charge in [0.1, 0.15) is 0 Å². The van der Waals surface area contributed by atoms with Crippen LogP contribution in [0.4, 0.5) is 10.5 Å². The number of hydrogen-bond acceptors (Lipinski definition) is 4. The van der Waals surface area contributed by atoms with Crippen LogP contribution >= 0.6 is 0 Å². The van der Waals surface area contributed by atoms with Crippen molar-refractivity contribution in [2.45, 2.75) is 19.3 Å². The van der Waals surface area contributed by atoms with Crippen LogP contribution in [0.5, 0.6) is 11.5 Å². The molecule has 1 atom stereocenters. The minimum Gasteiger partial charge on any atom is -0.454 e. The first-order valence-electron chi connectivity index (χ1n) is 7.78. The predicted molar refractivity (Wildman–Crippen MR) is 80.3 cm³/mol. The van der Waals surface area contributed by atoms with Gasteiger partial charge in [0, 0.05) is 36.9 Å². The van der Waals surface area contributed by atoms with E-state index in [0.29, 0.717) is 5.75 Å². The molecule has 2 amide bonds. The summed E-state index contributed by atoms with van der Waals surface area (Å²) < 4.78 is 16.2. The molecule has 1 aromatic carbocycles. The van der Waals surface area contributed by atoms with Crippen molar-refractivity contribution in [3.63, 3.8) is 0 Å². The molecule has 0 radical (unpaired) electrons. The van der Waals surface area contributed by atoms with Gasteiger partial charge in [-0.05, 0) is 31.4 Å². The van der Waals surface area contributed by atoms with E-state index in [1.54, 1.807) is 6.07 Å². The molecule has 3 aliphatic rings. The third-order valence-electron chi connectivity index (χ3n) is 4.76. The van der Waals surface area contributed by atoms with Crippen molar-refractivity contribution in [2.75, 3.05) is 38.4 Å². The topological polar surface area (TPSA) is 60.0 Å². The van der Waals surface area contributed by atoms with Gasteiger partial charge in [-0.2, -0.15) is 0 Å². The molecule has 0 bridgehead atoms. The van der Waals surface area contributed by atoms with Crippen LogP contribution in [0.3, 0.4) is 0 Å². The molecule has 0 saturated carbocycles. The van der Waals surface area contributed by atoms with Crippen LogP contribution in [0.15, 0.2) is 18.2 Å². The van der Waals surface area contributed by atoms with Crippen molar-refractivity contribution in [2.24, 2.45) is 5.41 Å². The van der Waals surface area contributed by atoms with Gasteiger partial charge >= 0.3 is 6.03 Å². The maximum Gasteiger partial charge on any atom is 0.321 e. The number of amides is 2. The van der Waals surface area contributed by atoms with E-state index in [2.05, 4.69) is 5.32 Å². The molecule has 3 heterocycles. The molecule has 0 aliphatic carbocycles. The van der Waals surface area contributed by atoms with E-state index in [4.69, 9.17) is 14.2 Å². The molecule has 4 rings (SSSR count). The van der Waals surface area contributed by atoms with Crippen LogP contribution in [0.25, 0.3) is 0 Å². The Morgan fingerprint density at radius 1 is 1.23 bits per heavy atom. The number of fused-ring (bicyclic) bond motifs is 1. The Hall–Kier alpha value is -1.95. The number of anilines is 1. The number of ether oxygens (including phenoxy) is 3. The summed E-state index contributed by atoms with van der Waals surface area (Å²) in [5.74, 6) is 1.40. The average molecular weight is 304 g/mol. The van der Waals surface area contributed by atoms with Gasteiger partial charge in [-0.25, -0.2) is 4.79 Å². The number of carbonyl (C=O) groups is 1. The molecular formula is C16H20N2O4. The molecular weight excluding hydrogens is 284 g/mol. The summed E-state index contributed by atoms with van der Waals surface area (Å²) >= 11 is 0. The number of likely N-dealkylation sites (tertiary alicyclic amines) is 1. The number of urea groups is 1. The van der Waals surface area contributed by atoms with Crippen molar-refractivity contribution in [1.82, 2.24) is 4.90 Å². The average Bonchev–Trinajstić information content (AvgIpc) is 3.16. The first kappa shape index (κ1) is 13.7. The van der Waals surface area contributed by atoms with Crippen molar-refractivity contribution in [1.29, 1.82) is 0 Å². The Balaban J connectivity index is 1.43. The molecule has 0 aromatic heterocycles. The molecule has 1 aromatic rings. The van der Waals surface area contributed by atoms with Gasteiger partial charge < -0.3 is 24.4 Å². The van der Waals surface area contributed by atoms with Crippen LogP contribution in [0, 0.1) is 5.41 Å². The molecule has 1 spiro atoms. The van der Waals surface area contributed by atoms with Crippen molar-refractivity contribution in [3.8, 4) is 11.5 Å². The van der Waals surface area contributed by atoms with Crippen LogP contribution in [-0.2, 0) is 4.74 Å². The quantitative estimate of drug-likeness (QED) is 0.866. The largest absolute Gasteiger partial charge is 0.454 e. The third kappa shape index (κ3) is 2.47.